The van der Waals surface area contributed by atoms with E-state index in [1.807, 2.05) is 12.1 Å². The molecule has 0 N–H and O–H groups in total. The van der Waals surface area contributed by atoms with Crippen LogP contribution in [0.4, 0.5) is 0 Å². The predicted octanol–water partition coefficient (Wildman–Crippen LogP) is 2.84. The summed E-state index contributed by atoms with van der Waals surface area (Å²) in [5, 5.41) is 0. The molecule has 6 nitrogen and oxygen atoms in total. The van der Waals surface area contributed by atoms with Crippen LogP contribution in [0.5, 0.6) is 0 Å². The third-order valence-electron chi connectivity index (χ3n) is 3.41. The van der Waals surface area contributed by atoms with Crippen molar-refractivity contribution in [3.05, 3.63) is 79.4 Å². The molecule has 0 fully saturated rings. The molecule has 1 aliphatic rings. The zero-order valence-corrected chi connectivity index (χ0v) is 14.9. The SMILES string of the molecule is C=CC(=O)[O][Ti]([O]C(=O)C=C)([O]C(=O)C=C)[CH]1C=Cc2ccccc21. The molecule has 0 radical (unpaired) electrons. The van der Waals surface area contributed by atoms with Gasteiger partial charge in [-0.15, -0.1) is 0 Å². The van der Waals surface area contributed by atoms with Gasteiger partial charge in [0.05, 0.1) is 0 Å². The van der Waals surface area contributed by atoms with Gasteiger partial charge >= 0.3 is 150 Å². The van der Waals surface area contributed by atoms with Crippen LogP contribution in [0.3, 0.4) is 0 Å². The summed E-state index contributed by atoms with van der Waals surface area (Å²) in [6.07, 6.45) is 6.20. The van der Waals surface area contributed by atoms with E-state index in [-0.39, 0.29) is 0 Å². The number of carbonyl (C=O) groups excluding carboxylic acids is 3. The van der Waals surface area contributed by atoms with Crippen LogP contribution in [0, 0.1) is 0 Å². The number of allylic oxidation sites excluding steroid dienone is 1. The summed E-state index contributed by atoms with van der Waals surface area (Å²) in [4.78, 5) is 35.7. The fourth-order valence-electron chi connectivity index (χ4n) is 2.36. The van der Waals surface area contributed by atoms with Gasteiger partial charge in [-0.25, -0.2) is 0 Å². The molecule has 1 unspecified atom stereocenters. The molecule has 0 heterocycles. The molecule has 0 spiro atoms. The van der Waals surface area contributed by atoms with Crippen LogP contribution in [0.25, 0.3) is 6.08 Å². The maximum atomic E-state index is 11.9. The Morgan fingerprint density at radius 1 is 0.880 bits per heavy atom. The Morgan fingerprint density at radius 3 is 1.84 bits per heavy atom. The number of carbonyl (C=O) groups is 3. The Kier molecular flexibility index (Phi) is 5.90. The van der Waals surface area contributed by atoms with Crippen molar-refractivity contribution in [2.75, 3.05) is 0 Å². The maximum absolute atomic E-state index is 11.9. The van der Waals surface area contributed by atoms with Gasteiger partial charge in [-0.1, -0.05) is 0 Å². The Morgan fingerprint density at radius 2 is 1.36 bits per heavy atom. The van der Waals surface area contributed by atoms with E-state index in [9.17, 15) is 14.4 Å². The Bertz CT molecular complexity index is 724. The molecule has 0 saturated heterocycles. The molecule has 0 bridgehead atoms. The van der Waals surface area contributed by atoms with Crippen LogP contribution >= 0.6 is 0 Å². The molecular weight excluding hydrogens is 360 g/mol. The van der Waals surface area contributed by atoms with Crippen LogP contribution in [-0.2, 0) is 42.1 Å². The quantitative estimate of drug-likeness (QED) is 0.538. The Hall–Kier alpha value is -2.70. The molecule has 2 rings (SSSR count). The summed E-state index contributed by atoms with van der Waals surface area (Å²) in [5.74, 6) is -2.57. The third-order valence-corrected chi connectivity index (χ3v) is 7.66. The van der Waals surface area contributed by atoms with Crippen LogP contribution in [0.2, 0.25) is 0 Å². The summed E-state index contributed by atoms with van der Waals surface area (Å²) < 4.78 is 15.4. The van der Waals surface area contributed by atoms with E-state index in [4.69, 9.17) is 9.96 Å². The molecule has 1 aromatic rings. The van der Waals surface area contributed by atoms with Crippen molar-refractivity contribution < 1.29 is 42.1 Å². The van der Waals surface area contributed by atoms with Gasteiger partial charge in [-0.2, -0.15) is 0 Å². The minimum atomic E-state index is -4.87. The average Bonchev–Trinajstić information content (AvgIpc) is 3.05. The molecule has 1 aromatic carbocycles. The van der Waals surface area contributed by atoms with Crippen molar-refractivity contribution in [2.24, 2.45) is 0 Å². The van der Waals surface area contributed by atoms with Crippen molar-refractivity contribution in [3.8, 4) is 0 Å². The predicted molar refractivity (Wildman–Crippen MR) is 87.1 cm³/mol. The van der Waals surface area contributed by atoms with Crippen molar-refractivity contribution in [1.82, 2.24) is 0 Å². The van der Waals surface area contributed by atoms with E-state index in [1.54, 1.807) is 24.3 Å². The van der Waals surface area contributed by atoms with Gasteiger partial charge in [0.2, 0.25) is 0 Å². The van der Waals surface area contributed by atoms with E-state index in [0.717, 1.165) is 29.4 Å². The Balaban J connectivity index is 2.57. The van der Waals surface area contributed by atoms with Gasteiger partial charge in [0.1, 0.15) is 0 Å². The second-order valence-electron chi connectivity index (χ2n) is 4.94. The van der Waals surface area contributed by atoms with Crippen molar-refractivity contribution in [3.63, 3.8) is 0 Å². The normalized spacial score (nSPS) is 14.8. The fourth-order valence-corrected chi connectivity index (χ4v) is 6.37. The number of fused-ring (bicyclic) bond motifs is 1. The second kappa shape index (κ2) is 7.92. The summed E-state index contributed by atoms with van der Waals surface area (Å²) in [6.45, 7) is 9.99. The molecule has 0 amide bonds. The monoisotopic (exact) mass is 376 g/mol. The minimum absolute atomic E-state index is 0.687. The topological polar surface area (TPSA) is 78.9 Å². The summed E-state index contributed by atoms with van der Waals surface area (Å²) in [5.41, 5.74) is 1.58. The van der Waals surface area contributed by atoms with Crippen LogP contribution in [-0.4, -0.2) is 17.9 Å². The molecule has 25 heavy (non-hydrogen) atoms. The number of hydrogen-bond donors (Lipinski definition) is 0. The molecular formula is C18H16O6Ti. The molecule has 0 aromatic heterocycles. The van der Waals surface area contributed by atoms with Gasteiger partial charge < -0.3 is 0 Å². The first-order chi connectivity index (χ1) is 12.0. The average molecular weight is 376 g/mol. The number of hydrogen-bond acceptors (Lipinski definition) is 6. The molecule has 0 saturated carbocycles. The number of rotatable bonds is 7. The summed E-state index contributed by atoms with van der Waals surface area (Å²) in [6, 6.07) is 7.25. The van der Waals surface area contributed by atoms with E-state index in [2.05, 4.69) is 19.7 Å². The zero-order valence-electron chi connectivity index (χ0n) is 13.3. The van der Waals surface area contributed by atoms with Gasteiger partial charge in [0.25, 0.3) is 0 Å². The van der Waals surface area contributed by atoms with Gasteiger partial charge in [0, 0.05) is 0 Å². The van der Waals surface area contributed by atoms with E-state index in [1.165, 1.54) is 0 Å². The van der Waals surface area contributed by atoms with Crippen LogP contribution < -0.4 is 0 Å². The van der Waals surface area contributed by atoms with E-state index < -0.39 is 39.9 Å². The Labute approximate surface area is 149 Å². The molecule has 128 valence electrons. The second-order valence-corrected chi connectivity index (χ2v) is 8.76. The van der Waals surface area contributed by atoms with Crippen LogP contribution in [0.15, 0.2) is 68.3 Å². The van der Waals surface area contributed by atoms with E-state index >= 15 is 0 Å². The standard InChI is InChI=1S/C9H7.3C3H4O2.Ti/c1-2-5-9-7-3-6-8(9)4-1;3*1-2-3(4)5;/h1-7H;3*2H,1H2,(H,4,5);/q;;;;+3/p-3. The number of benzene rings is 1. The van der Waals surface area contributed by atoms with Gasteiger partial charge in [0.15, 0.2) is 0 Å². The van der Waals surface area contributed by atoms with Crippen molar-refractivity contribution in [1.29, 1.82) is 0 Å². The first kappa shape index (κ1) is 18.6. The summed E-state index contributed by atoms with van der Waals surface area (Å²) in [7, 11) is 0. The van der Waals surface area contributed by atoms with Crippen molar-refractivity contribution >= 4 is 24.0 Å². The van der Waals surface area contributed by atoms with Gasteiger partial charge in [-0.05, 0) is 0 Å². The third kappa shape index (κ3) is 4.04. The fraction of sp³-hybridized carbons (Fsp3) is 0.0556. The van der Waals surface area contributed by atoms with Gasteiger partial charge in [-0.3, -0.25) is 0 Å². The van der Waals surface area contributed by atoms with Crippen molar-refractivity contribution in [2.45, 2.75) is 4.22 Å². The van der Waals surface area contributed by atoms with Crippen LogP contribution in [0.1, 0.15) is 15.3 Å². The molecule has 0 aliphatic heterocycles. The molecule has 1 aliphatic carbocycles. The zero-order chi connectivity index (χ0) is 18.4. The molecule has 1 atom stereocenters. The molecule has 7 heteroatoms. The first-order valence-electron chi connectivity index (χ1n) is 7.29. The van der Waals surface area contributed by atoms with E-state index in [0.29, 0.717) is 0 Å². The first-order valence-corrected chi connectivity index (χ1v) is 10.1. The summed E-state index contributed by atoms with van der Waals surface area (Å²) >= 11 is -4.87.